The number of carbonyl (C=O) groups is 1. The molecule has 2 amide bonds. The van der Waals surface area contributed by atoms with E-state index in [1.54, 1.807) is 0 Å². The first kappa shape index (κ1) is 20.6. The smallest absolute Gasteiger partial charge is 0.307 e. The summed E-state index contributed by atoms with van der Waals surface area (Å²) in [6, 6.07) is 4.45. The maximum Gasteiger partial charge on any atom is 0.416 e. The zero-order valence-corrected chi connectivity index (χ0v) is 13.8. The Balaban J connectivity index is 2.13. The lowest BCUT2D eigenvalue weighted by Gasteiger charge is -2.11. The molecule has 0 atom stereocenters. The Morgan fingerprint density at radius 3 is 1.89 bits per heavy atom. The van der Waals surface area contributed by atoms with Gasteiger partial charge in [0.1, 0.15) is 0 Å². The van der Waals surface area contributed by atoms with Gasteiger partial charge >= 0.3 is 18.4 Å². The minimum atomic E-state index is -4.78. The number of anilines is 1. The van der Waals surface area contributed by atoms with Gasteiger partial charge in [-0.05, 0) is 42.5 Å². The molecule has 2 rings (SSSR count). The molecule has 2 aromatic rings. The third-order valence-corrected chi connectivity index (χ3v) is 4.50. The standard InChI is InChI=1S/C15H10F6N2O3S/c16-14(17,18)9-4-6-11(7-5-9)22-13(24)23-27(25,26)12-3-1-2-10(8-12)15(19,20)21/h1-8H,(H2,22,23,24). The van der Waals surface area contributed by atoms with Gasteiger partial charge in [-0.3, -0.25) is 0 Å². The Bertz CT molecular complexity index is 937. The van der Waals surface area contributed by atoms with Crippen molar-refractivity contribution in [1.82, 2.24) is 4.72 Å². The van der Waals surface area contributed by atoms with Gasteiger partial charge in [-0.1, -0.05) is 6.07 Å². The van der Waals surface area contributed by atoms with Crippen molar-refractivity contribution >= 4 is 21.7 Å². The predicted octanol–water partition coefficient (Wildman–Crippen LogP) is 4.23. The fraction of sp³-hybridized carbons (Fsp3) is 0.133. The summed E-state index contributed by atoms with van der Waals surface area (Å²) in [5.74, 6) is 0. The van der Waals surface area contributed by atoms with Gasteiger partial charge in [-0.15, -0.1) is 0 Å². The van der Waals surface area contributed by atoms with Crippen molar-refractivity contribution in [3.05, 3.63) is 59.7 Å². The molecule has 0 radical (unpaired) electrons. The molecule has 0 saturated carbocycles. The van der Waals surface area contributed by atoms with Crippen molar-refractivity contribution in [3.63, 3.8) is 0 Å². The SMILES string of the molecule is O=C(Nc1ccc(C(F)(F)F)cc1)NS(=O)(=O)c1cccc(C(F)(F)F)c1. The van der Waals surface area contributed by atoms with E-state index in [1.165, 1.54) is 4.72 Å². The second-order valence-corrected chi connectivity index (χ2v) is 6.84. The summed E-state index contributed by atoms with van der Waals surface area (Å²) in [6.45, 7) is 0. The number of carbonyl (C=O) groups excluding carboxylic acids is 1. The molecule has 0 bridgehead atoms. The first-order valence-electron chi connectivity index (χ1n) is 6.97. The topological polar surface area (TPSA) is 75.3 Å². The summed E-state index contributed by atoms with van der Waals surface area (Å²) >= 11 is 0. The molecule has 0 unspecified atom stereocenters. The maximum atomic E-state index is 12.6. The van der Waals surface area contributed by atoms with E-state index in [9.17, 15) is 39.6 Å². The van der Waals surface area contributed by atoms with Crippen LogP contribution >= 0.6 is 0 Å². The van der Waals surface area contributed by atoms with Gasteiger partial charge in [0.15, 0.2) is 0 Å². The molecule has 0 aromatic heterocycles. The maximum absolute atomic E-state index is 12.6. The van der Waals surface area contributed by atoms with E-state index >= 15 is 0 Å². The van der Waals surface area contributed by atoms with Crippen molar-refractivity contribution in [2.24, 2.45) is 0 Å². The molecule has 27 heavy (non-hydrogen) atoms. The van der Waals surface area contributed by atoms with Crippen LogP contribution in [0, 0.1) is 0 Å². The Labute approximate surface area is 149 Å². The average molecular weight is 412 g/mol. The van der Waals surface area contributed by atoms with Crippen LogP contribution in [0.5, 0.6) is 0 Å². The molecule has 0 saturated heterocycles. The molecule has 0 aliphatic rings. The van der Waals surface area contributed by atoms with Gasteiger partial charge in [0, 0.05) is 5.69 Å². The molecular weight excluding hydrogens is 402 g/mol. The predicted molar refractivity (Wildman–Crippen MR) is 82.2 cm³/mol. The minimum Gasteiger partial charge on any atom is -0.307 e. The molecule has 0 heterocycles. The first-order chi connectivity index (χ1) is 12.3. The lowest BCUT2D eigenvalue weighted by Crippen LogP contribution is -2.34. The van der Waals surface area contributed by atoms with Gasteiger partial charge < -0.3 is 5.32 Å². The summed E-state index contributed by atoms with van der Waals surface area (Å²) in [5, 5.41) is 1.97. The molecule has 12 heteroatoms. The fourth-order valence-corrected chi connectivity index (χ4v) is 2.87. The summed E-state index contributed by atoms with van der Waals surface area (Å²) in [7, 11) is -4.64. The van der Waals surface area contributed by atoms with Crippen LogP contribution in [0.2, 0.25) is 0 Å². The lowest BCUT2D eigenvalue weighted by atomic mass is 10.2. The van der Waals surface area contributed by atoms with E-state index in [4.69, 9.17) is 0 Å². The number of sulfonamides is 1. The number of nitrogens with one attached hydrogen (secondary N) is 2. The molecule has 0 spiro atoms. The molecule has 146 valence electrons. The van der Waals surface area contributed by atoms with Crippen molar-refractivity contribution in [2.45, 2.75) is 17.2 Å². The monoisotopic (exact) mass is 412 g/mol. The van der Waals surface area contributed by atoms with Crippen LogP contribution in [0.1, 0.15) is 11.1 Å². The quantitative estimate of drug-likeness (QED) is 0.741. The largest absolute Gasteiger partial charge is 0.416 e. The second-order valence-electron chi connectivity index (χ2n) is 5.16. The van der Waals surface area contributed by atoms with Crippen molar-refractivity contribution in [2.75, 3.05) is 5.32 Å². The molecule has 2 aromatic carbocycles. The van der Waals surface area contributed by atoms with E-state index in [1.807, 2.05) is 5.32 Å². The van der Waals surface area contributed by atoms with E-state index in [2.05, 4.69) is 0 Å². The van der Waals surface area contributed by atoms with Gasteiger partial charge in [0.2, 0.25) is 0 Å². The van der Waals surface area contributed by atoms with E-state index in [0.717, 1.165) is 24.3 Å². The Morgan fingerprint density at radius 1 is 0.815 bits per heavy atom. The second kappa shape index (κ2) is 7.10. The number of amides is 2. The Morgan fingerprint density at radius 2 is 1.37 bits per heavy atom. The first-order valence-corrected chi connectivity index (χ1v) is 8.46. The number of urea groups is 1. The third-order valence-electron chi connectivity index (χ3n) is 3.17. The minimum absolute atomic E-state index is 0.153. The number of rotatable bonds is 3. The van der Waals surface area contributed by atoms with Crippen LogP contribution in [-0.4, -0.2) is 14.4 Å². The number of hydrogen-bond acceptors (Lipinski definition) is 3. The Hall–Kier alpha value is -2.76. The van der Waals surface area contributed by atoms with Gasteiger partial charge in [0.25, 0.3) is 10.0 Å². The van der Waals surface area contributed by atoms with E-state index in [0.29, 0.717) is 24.3 Å². The highest BCUT2D eigenvalue weighted by Crippen LogP contribution is 2.31. The molecule has 0 fully saturated rings. The van der Waals surface area contributed by atoms with Crippen LogP contribution in [0.25, 0.3) is 0 Å². The van der Waals surface area contributed by atoms with Crippen molar-refractivity contribution in [3.8, 4) is 0 Å². The number of hydrogen-bond donors (Lipinski definition) is 2. The van der Waals surface area contributed by atoms with Gasteiger partial charge in [-0.2, -0.15) is 26.3 Å². The van der Waals surface area contributed by atoms with Gasteiger partial charge in [0.05, 0.1) is 16.0 Å². The zero-order chi connectivity index (χ0) is 20.5. The molecule has 2 N–H and O–H groups in total. The summed E-state index contributed by atoms with van der Waals surface area (Å²) in [4.78, 5) is 10.9. The summed E-state index contributed by atoms with van der Waals surface area (Å²) < 4.78 is 101. The zero-order valence-electron chi connectivity index (χ0n) is 13.0. The van der Waals surface area contributed by atoms with Crippen LogP contribution in [0.3, 0.4) is 0 Å². The highest BCUT2D eigenvalue weighted by molar-refractivity contribution is 7.90. The highest BCUT2D eigenvalue weighted by atomic mass is 32.2. The molecular formula is C15H10F6N2O3S. The van der Waals surface area contributed by atoms with E-state index < -0.39 is 44.4 Å². The average Bonchev–Trinajstić information content (AvgIpc) is 2.53. The van der Waals surface area contributed by atoms with E-state index in [-0.39, 0.29) is 5.69 Å². The molecule has 5 nitrogen and oxygen atoms in total. The fourth-order valence-electron chi connectivity index (χ4n) is 1.92. The molecule has 0 aliphatic carbocycles. The van der Waals surface area contributed by atoms with Crippen LogP contribution in [0.15, 0.2) is 53.4 Å². The Kier molecular flexibility index (Phi) is 5.40. The summed E-state index contributed by atoms with van der Waals surface area (Å²) in [6.07, 6.45) is -9.37. The third kappa shape index (κ3) is 5.36. The summed E-state index contributed by atoms with van der Waals surface area (Å²) in [5.41, 5.74) is -2.36. The molecule has 0 aliphatic heterocycles. The van der Waals surface area contributed by atoms with Crippen LogP contribution in [-0.2, 0) is 22.4 Å². The normalized spacial score (nSPS) is 12.5. The van der Waals surface area contributed by atoms with Gasteiger partial charge in [-0.25, -0.2) is 17.9 Å². The van der Waals surface area contributed by atoms with Crippen molar-refractivity contribution < 1.29 is 39.6 Å². The van der Waals surface area contributed by atoms with Crippen LogP contribution < -0.4 is 10.0 Å². The number of alkyl halides is 6. The lowest BCUT2D eigenvalue weighted by molar-refractivity contribution is -0.138. The van der Waals surface area contributed by atoms with Crippen LogP contribution in [0.4, 0.5) is 36.8 Å². The van der Waals surface area contributed by atoms with Crippen molar-refractivity contribution in [1.29, 1.82) is 0 Å². The number of benzene rings is 2. The highest BCUT2D eigenvalue weighted by Gasteiger charge is 2.32. The number of halogens is 6.